The van der Waals surface area contributed by atoms with Gasteiger partial charge in [0.05, 0.1) is 23.2 Å². The maximum absolute atomic E-state index is 13.5. The van der Waals surface area contributed by atoms with Crippen molar-refractivity contribution in [3.63, 3.8) is 0 Å². The molecule has 4 aromatic rings. The van der Waals surface area contributed by atoms with Gasteiger partial charge in [0.1, 0.15) is 23.7 Å². The number of aryl methyl sites for hydroxylation is 1. The van der Waals surface area contributed by atoms with Crippen molar-refractivity contribution in [3.05, 3.63) is 87.6 Å². The van der Waals surface area contributed by atoms with Crippen molar-refractivity contribution in [2.75, 3.05) is 11.1 Å². The highest BCUT2D eigenvalue weighted by Crippen LogP contribution is 2.33. The lowest BCUT2D eigenvalue weighted by atomic mass is 9.91. The van der Waals surface area contributed by atoms with Crippen LogP contribution in [0.4, 0.5) is 11.6 Å². The van der Waals surface area contributed by atoms with E-state index in [0.29, 0.717) is 23.5 Å². The van der Waals surface area contributed by atoms with Crippen LogP contribution in [0.15, 0.2) is 59.7 Å². The molecular formula is C26H26N6O2. The molecule has 172 valence electrons. The van der Waals surface area contributed by atoms with Crippen LogP contribution in [0.1, 0.15) is 47.7 Å². The summed E-state index contributed by atoms with van der Waals surface area (Å²) in [4.78, 5) is 21.9. The summed E-state index contributed by atoms with van der Waals surface area (Å²) in [5, 5.41) is 23.5. The minimum atomic E-state index is 0.0343. The van der Waals surface area contributed by atoms with Gasteiger partial charge in [-0.1, -0.05) is 30.3 Å². The average molecular weight is 455 g/mol. The number of aromatic nitrogens is 3. The number of nitrogens with two attached hydrogens (primary N) is 1. The van der Waals surface area contributed by atoms with Gasteiger partial charge >= 0.3 is 0 Å². The first-order valence-electron chi connectivity index (χ1n) is 11.3. The maximum Gasteiger partial charge on any atom is 0.259 e. The molecule has 5 rings (SSSR count). The van der Waals surface area contributed by atoms with Crippen molar-refractivity contribution in [1.82, 2.24) is 14.5 Å². The number of phenols is 1. The number of nitrogens with one attached hydrogen (secondary N) is 2. The predicted octanol–water partition coefficient (Wildman–Crippen LogP) is 4.14. The van der Waals surface area contributed by atoms with Crippen LogP contribution in [0.2, 0.25) is 0 Å². The Balaban J connectivity index is 1.54. The van der Waals surface area contributed by atoms with E-state index in [2.05, 4.69) is 21.4 Å². The Labute approximate surface area is 196 Å². The third-order valence-electron chi connectivity index (χ3n) is 6.51. The van der Waals surface area contributed by atoms with Gasteiger partial charge in [-0.25, -0.2) is 9.97 Å². The smallest absolute Gasteiger partial charge is 0.259 e. The molecular weight excluding hydrogens is 428 g/mol. The van der Waals surface area contributed by atoms with Crippen LogP contribution >= 0.6 is 0 Å². The zero-order chi connectivity index (χ0) is 23.8. The zero-order valence-electron chi connectivity index (χ0n) is 18.9. The number of hydrogen-bond acceptors (Lipinski definition) is 7. The lowest BCUT2D eigenvalue weighted by Gasteiger charge is -2.31. The second-order valence-corrected chi connectivity index (χ2v) is 8.70. The molecule has 5 N–H and O–H groups in total. The van der Waals surface area contributed by atoms with Gasteiger partial charge in [0.2, 0.25) is 0 Å². The second kappa shape index (κ2) is 8.62. The third kappa shape index (κ3) is 3.77. The quantitative estimate of drug-likeness (QED) is 0.324. The Morgan fingerprint density at radius 3 is 2.74 bits per heavy atom. The molecule has 0 spiro atoms. The highest BCUT2D eigenvalue weighted by atomic mass is 16.3. The highest BCUT2D eigenvalue weighted by Gasteiger charge is 2.25. The molecule has 2 aromatic heterocycles. The van der Waals surface area contributed by atoms with Crippen LogP contribution in [-0.4, -0.2) is 25.4 Å². The molecule has 8 nitrogen and oxygen atoms in total. The van der Waals surface area contributed by atoms with E-state index in [-0.39, 0.29) is 28.9 Å². The fraction of sp³-hybridized carbons (Fsp3) is 0.231. The summed E-state index contributed by atoms with van der Waals surface area (Å²) < 4.78 is 1.91. The zero-order valence-corrected chi connectivity index (χ0v) is 18.9. The number of nitrogen functional groups attached to an aromatic ring is 1. The van der Waals surface area contributed by atoms with Crippen LogP contribution in [0.3, 0.4) is 0 Å². The number of aromatic hydroxyl groups is 1. The number of rotatable bonds is 6. The molecule has 1 aliphatic carbocycles. The molecule has 0 aliphatic heterocycles. The largest absolute Gasteiger partial charge is 0.508 e. The van der Waals surface area contributed by atoms with Crippen LogP contribution in [0.5, 0.6) is 5.75 Å². The lowest BCUT2D eigenvalue weighted by Crippen LogP contribution is -2.32. The summed E-state index contributed by atoms with van der Waals surface area (Å²) >= 11 is 0. The number of phenolic OH excluding ortho intramolecular Hbond substituents is 1. The van der Waals surface area contributed by atoms with Gasteiger partial charge < -0.3 is 20.7 Å². The molecule has 2 aromatic carbocycles. The maximum atomic E-state index is 13.5. The van der Waals surface area contributed by atoms with E-state index in [9.17, 15) is 9.90 Å². The van der Waals surface area contributed by atoms with Crippen molar-refractivity contribution in [2.45, 2.75) is 38.8 Å². The predicted molar refractivity (Wildman–Crippen MR) is 134 cm³/mol. The number of anilines is 2. The van der Waals surface area contributed by atoms with Crippen LogP contribution in [-0.2, 0) is 6.54 Å². The van der Waals surface area contributed by atoms with E-state index >= 15 is 0 Å². The minimum Gasteiger partial charge on any atom is -0.508 e. The minimum absolute atomic E-state index is 0.0343. The molecule has 0 amide bonds. The normalized spacial score (nSPS) is 13.6. The summed E-state index contributed by atoms with van der Waals surface area (Å²) in [7, 11) is 0. The molecule has 1 fully saturated rings. The van der Waals surface area contributed by atoms with E-state index in [0.717, 1.165) is 41.3 Å². The highest BCUT2D eigenvalue weighted by molar-refractivity contribution is 6.16. The summed E-state index contributed by atoms with van der Waals surface area (Å²) in [6.45, 7) is 2.31. The van der Waals surface area contributed by atoms with Gasteiger partial charge in [-0.15, -0.1) is 0 Å². The fourth-order valence-corrected chi connectivity index (χ4v) is 4.54. The van der Waals surface area contributed by atoms with E-state index < -0.39 is 0 Å². The van der Waals surface area contributed by atoms with Crippen LogP contribution in [0, 0.1) is 12.3 Å². The van der Waals surface area contributed by atoms with Gasteiger partial charge in [-0.2, -0.15) is 0 Å². The topological polar surface area (TPSA) is 130 Å². The molecule has 0 bridgehead atoms. The summed E-state index contributed by atoms with van der Waals surface area (Å²) in [5.74, 6) is 0.623. The van der Waals surface area contributed by atoms with Crippen molar-refractivity contribution >= 4 is 28.1 Å². The van der Waals surface area contributed by atoms with Crippen molar-refractivity contribution in [1.29, 1.82) is 5.41 Å². The van der Waals surface area contributed by atoms with Gasteiger partial charge in [-0.3, -0.25) is 10.2 Å². The van der Waals surface area contributed by atoms with E-state index in [1.807, 2.05) is 29.7 Å². The molecule has 8 heteroatoms. The fourth-order valence-electron chi connectivity index (χ4n) is 4.54. The van der Waals surface area contributed by atoms with Crippen molar-refractivity contribution in [3.8, 4) is 5.75 Å². The number of benzene rings is 2. The van der Waals surface area contributed by atoms with Gasteiger partial charge in [0.15, 0.2) is 0 Å². The Morgan fingerprint density at radius 2 is 2.00 bits per heavy atom. The Morgan fingerprint density at radius 1 is 1.21 bits per heavy atom. The van der Waals surface area contributed by atoms with Crippen LogP contribution in [0.25, 0.3) is 10.8 Å². The SMILES string of the molecule is Cc1cccc2cc(CNc3ncnc(N)c3C(=N)c3cccc(O)c3)n(C3CCC3)c(=O)c12. The summed E-state index contributed by atoms with van der Waals surface area (Å²) in [6.07, 6.45) is 4.43. The Kier molecular flexibility index (Phi) is 5.49. The molecule has 2 heterocycles. The molecule has 0 saturated heterocycles. The van der Waals surface area contributed by atoms with Gasteiger partial charge in [0, 0.05) is 17.3 Å². The second-order valence-electron chi connectivity index (χ2n) is 8.70. The molecule has 1 saturated carbocycles. The molecule has 34 heavy (non-hydrogen) atoms. The summed E-state index contributed by atoms with van der Waals surface area (Å²) in [5.41, 5.74) is 8.95. The van der Waals surface area contributed by atoms with E-state index in [1.54, 1.807) is 18.2 Å². The number of fused-ring (bicyclic) bond motifs is 1. The summed E-state index contributed by atoms with van der Waals surface area (Å²) in [6, 6.07) is 14.6. The standard InChI is InChI=1S/C26H26N6O2/c1-15-5-2-6-16-11-19(32(18-8-4-9-18)26(34)21(15)16)13-29-25-22(24(28)30-14-31-25)23(27)17-7-3-10-20(33)12-17/h2-3,5-7,10-12,14,18,27,33H,4,8-9,13H2,1H3,(H3,28,29,30,31). The lowest BCUT2D eigenvalue weighted by molar-refractivity contribution is 0.301. The first kappa shape index (κ1) is 21.6. The number of pyridine rings is 1. The molecule has 0 radical (unpaired) electrons. The van der Waals surface area contributed by atoms with E-state index in [1.165, 1.54) is 12.4 Å². The molecule has 0 atom stereocenters. The first-order chi connectivity index (χ1) is 16.4. The average Bonchev–Trinajstić information content (AvgIpc) is 2.78. The van der Waals surface area contributed by atoms with Gasteiger partial charge in [0.25, 0.3) is 5.56 Å². The number of nitrogens with zero attached hydrogens (tertiary/aromatic N) is 3. The first-order valence-corrected chi connectivity index (χ1v) is 11.3. The monoisotopic (exact) mass is 454 g/mol. The Bertz CT molecular complexity index is 1470. The van der Waals surface area contributed by atoms with E-state index in [4.69, 9.17) is 11.1 Å². The molecule has 1 aliphatic rings. The molecule has 0 unspecified atom stereocenters. The van der Waals surface area contributed by atoms with Crippen LogP contribution < -0.4 is 16.6 Å². The van der Waals surface area contributed by atoms with Crippen molar-refractivity contribution < 1.29 is 5.11 Å². The Hall–Kier alpha value is -4.20. The van der Waals surface area contributed by atoms with Gasteiger partial charge in [-0.05, 0) is 55.3 Å². The third-order valence-corrected chi connectivity index (χ3v) is 6.51. The number of hydrogen-bond donors (Lipinski definition) is 4. The van der Waals surface area contributed by atoms with Crippen molar-refractivity contribution in [2.24, 2.45) is 0 Å².